The number of hydrogen-bond donors (Lipinski definition) is 4. The highest BCUT2D eigenvalue weighted by Crippen LogP contribution is 2.37. The zero-order valence-corrected chi connectivity index (χ0v) is 74.3. The molecule has 3 aliphatic rings. The molecule has 0 spiro atoms. The van der Waals surface area contributed by atoms with Gasteiger partial charge in [-0.05, 0) is 223 Å². The maximum atomic E-state index is 13.8. The molecule has 0 saturated carbocycles. The minimum Gasteiger partial charge on any atom is -0.475 e. The average molecular weight is 1780 g/mol. The number of amides is 3. The van der Waals surface area contributed by atoms with Crippen LogP contribution < -0.4 is 16.0 Å². The van der Waals surface area contributed by atoms with Gasteiger partial charge in [0.05, 0.1) is 82.8 Å². The number of piperazine rings is 2. The molecule has 30 heteroatoms. The molecule has 0 unspecified atom stereocenters. The monoisotopic (exact) mass is 1780 g/mol. The van der Waals surface area contributed by atoms with Crippen LogP contribution in [0, 0.1) is 51.0 Å². The summed E-state index contributed by atoms with van der Waals surface area (Å²) in [6, 6.07) is 50.7. The van der Waals surface area contributed by atoms with Gasteiger partial charge in [-0.2, -0.15) is 0 Å². The third-order valence-electron chi connectivity index (χ3n) is 24.0. The SMILES string of the molecule is Cc1cc(-c2ncccc2-c2ccc3cnc(C(=O)NCCCN4CCN(C)CC4)n3c2)ccc1F.Cc1cc(-c2ncccc2-c2ccc3cnc(C(=O)NCCCN4CCOCC4)n3c2)ccc1F.Cc1cc(-c2ncccc2-c2ccc3cnc(C(=O)NCCN4CCN(C)CC4)n3c2)ccc1F.Cc1cc(-c2ncccc2-c2ccn3c(C(=O)O)ncc3c2)ccc1F. The van der Waals surface area contributed by atoms with E-state index in [0.29, 0.717) is 64.9 Å². The Labute approximate surface area is 761 Å². The largest absolute Gasteiger partial charge is 0.475 e. The third kappa shape index (κ3) is 21.5. The van der Waals surface area contributed by atoms with Gasteiger partial charge < -0.3 is 40.5 Å². The van der Waals surface area contributed by atoms with E-state index in [-0.39, 0.29) is 46.8 Å². The number of likely N-dealkylation sites (N-methyl/N-ethyl adjacent to an activating group) is 2. The number of imidazole rings is 4. The Morgan fingerprint density at radius 3 is 1.02 bits per heavy atom. The lowest BCUT2D eigenvalue weighted by Gasteiger charge is -2.32. The quantitative estimate of drug-likeness (QED) is 0.0342. The lowest BCUT2D eigenvalue weighted by atomic mass is 9.99. The van der Waals surface area contributed by atoms with Crippen molar-refractivity contribution in [3.05, 3.63) is 313 Å². The molecule has 4 aromatic carbocycles. The predicted octanol–water partition coefficient (Wildman–Crippen LogP) is 15.5. The van der Waals surface area contributed by atoms with Crippen LogP contribution in [0.15, 0.2) is 244 Å². The number of benzene rings is 4. The van der Waals surface area contributed by atoms with Crippen molar-refractivity contribution in [1.29, 1.82) is 0 Å². The molecular formula is C102H102F4N20O6. The summed E-state index contributed by atoms with van der Waals surface area (Å²) >= 11 is 0. The van der Waals surface area contributed by atoms with Crippen molar-refractivity contribution in [3.8, 4) is 89.5 Å². The molecule has 3 saturated heterocycles. The average Bonchev–Trinajstić information content (AvgIpc) is 1.49. The van der Waals surface area contributed by atoms with Gasteiger partial charge in [0, 0.05) is 202 Å². The Morgan fingerprint density at radius 1 is 0.341 bits per heavy atom. The van der Waals surface area contributed by atoms with Gasteiger partial charge in [0.25, 0.3) is 17.7 Å². The summed E-state index contributed by atoms with van der Waals surface area (Å²) < 4.78 is 67.4. The number of halogens is 4. The molecule has 3 fully saturated rings. The number of hydrogen-bond acceptors (Lipinski definition) is 18. The van der Waals surface area contributed by atoms with Crippen LogP contribution in [0.2, 0.25) is 0 Å². The Hall–Kier alpha value is -14.4. The van der Waals surface area contributed by atoms with Gasteiger partial charge in [-0.15, -0.1) is 0 Å². The van der Waals surface area contributed by atoms with Crippen molar-refractivity contribution < 1.29 is 46.6 Å². The molecular weight excluding hydrogens is 1680 g/mol. The zero-order valence-electron chi connectivity index (χ0n) is 74.3. The maximum Gasteiger partial charge on any atom is 0.372 e. The minimum absolute atomic E-state index is 0.0351. The number of carbonyl (C=O) groups is 4. The number of nitrogens with one attached hydrogen (secondary N) is 3. The first kappa shape index (κ1) is 90.9. The molecule has 132 heavy (non-hydrogen) atoms. The van der Waals surface area contributed by atoms with E-state index in [1.165, 1.54) is 34.9 Å². The van der Waals surface area contributed by atoms with Gasteiger partial charge in [0.2, 0.25) is 23.3 Å². The predicted molar refractivity (Wildman–Crippen MR) is 503 cm³/mol. The van der Waals surface area contributed by atoms with Crippen LogP contribution in [0.3, 0.4) is 0 Å². The van der Waals surface area contributed by atoms with Crippen LogP contribution in [0.25, 0.3) is 112 Å². The van der Waals surface area contributed by atoms with Crippen molar-refractivity contribution in [2.24, 2.45) is 0 Å². The first-order valence-electron chi connectivity index (χ1n) is 44.1. The van der Waals surface area contributed by atoms with Gasteiger partial charge >= 0.3 is 5.97 Å². The normalized spacial score (nSPS) is 14.0. The molecule has 15 heterocycles. The van der Waals surface area contributed by atoms with Gasteiger partial charge in [0.15, 0.2) is 0 Å². The van der Waals surface area contributed by atoms with E-state index in [1.807, 2.05) is 124 Å². The van der Waals surface area contributed by atoms with E-state index in [2.05, 4.69) is 94.4 Å². The topological polar surface area (TPSA) is 271 Å². The second-order valence-electron chi connectivity index (χ2n) is 33.2. The summed E-state index contributed by atoms with van der Waals surface area (Å²) in [7, 11) is 4.28. The highest BCUT2D eigenvalue weighted by molar-refractivity contribution is 5.95. The number of carboxylic acid groups (broad SMARTS) is 1. The highest BCUT2D eigenvalue weighted by Gasteiger charge is 2.24. The van der Waals surface area contributed by atoms with Gasteiger partial charge in [-0.25, -0.2) is 42.3 Å². The second-order valence-corrected chi connectivity index (χ2v) is 33.2. The van der Waals surface area contributed by atoms with Gasteiger partial charge in [-0.1, -0.05) is 42.5 Å². The number of carboxylic acids is 1. The summed E-state index contributed by atoms with van der Waals surface area (Å²) in [5.41, 5.74) is 18.9. The van der Waals surface area contributed by atoms with Crippen LogP contribution in [-0.2, 0) is 4.74 Å². The van der Waals surface area contributed by atoms with Crippen molar-refractivity contribution in [1.82, 2.24) is 97.9 Å². The second kappa shape index (κ2) is 42.0. The summed E-state index contributed by atoms with van der Waals surface area (Å²) in [6.45, 7) is 23.3. The number of fused-ring (bicyclic) bond motifs is 4. The molecule has 3 aliphatic heterocycles. The van der Waals surface area contributed by atoms with E-state index in [9.17, 15) is 41.8 Å². The smallest absolute Gasteiger partial charge is 0.372 e. The Kier molecular flexibility index (Phi) is 28.9. The molecule has 674 valence electrons. The number of aryl methyl sites for hydroxylation is 4. The van der Waals surface area contributed by atoms with Crippen LogP contribution >= 0.6 is 0 Å². The Morgan fingerprint density at radius 2 is 0.659 bits per heavy atom. The molecule has 0 aliphatic carbocycles. The first-order chi connectivity index (χ1) is 64.1. The van der Waals surface area contributed by atoms with Crippen LogP contribution in [-0.4, -0.2) is 243 Å². The number of nitrogens with zero attached hydrogens (tertiary/aromatic N) is 17. The van der Waals surface area contributed by atoms with E-state index in [4.69, 9.17) is 4.74 Å². The Balaban J connectivity index is 0.000000129. The van der Waals surface area contributed by atoms with Crippen molar-refractivity contribution >= 4 is 45.8 Å². The summed E-state index contributed by atoms with van der Waals surface area (Å²) in [5, 5.41) is 18.2. The molecule has 19 rings (SSSR count). The van der Waals surface area contributed by atoms with Crippen LogP contribution in [0.5, 0.6) is 0 Å². The molecule has 3 amide bonds. The molecule has 0 atom stereocenters. The van der Waals surface area contributed by atoms with E-state index >= 15 is 0 Å². The molecule has 0 bridgehead atoms. The molecule has 26 nitrogen and oxygen atoms in total. The van der Waals surface area contributed by atoms with Crippen molar-refractivity contribution in [2.75, 3.05) is 132 Å². The number of rotatable bonds is 23. The standard InChI is InChI=1S/C28H31FN6O.C27H29FN6O.C27H28FN5O2.C20H14FN3O2/c1-20-17-21(7-9-25(20)29)26-24(5-3-10-30-26)22-6-8-23-18-32-27(35(23)19-22)28(36)31-11-4-12-34-15-13-33(2)14-16-34;1-19-16-20(6-8-24(19)28)25-23(4-3-9-29-25)21-5-7-22-17-31-26(34(22)18-21)27(35)30-10-11-33-14-12-32(2)13-15-33;1-19-16-20(6-8-24(19)28)25-23(4-2-9-29-25)21-5-7-22-17-31-26(33(22)18-21)27(34)30-10-3-11-32-12-14-35-15-13-32;1-12-9-14(4-5-17(12)21)18-16(3-2-7-22-18)13-6-8-24-15(10-13)11-23-19(24)20(25)26/h3,5-10,17-19H,4,11-16H2,1-2H3,(H,31,36);3-9,16-18H,10-15H2,1-2H3,(H,30,35);2,4-9,16-18H,3,10-15H2,1H3,(H,30,34);2-11H,1H3,(H,25,26). The molecule has 4 N–H and O–H groups in total. The van der Waals surface area contributed by atoms with E-state index in [0.717, 1.165) is 217 Å². The lowest BCUT2D eigenvalue weighted by molar-refractivity contribution is 0.0374. The first-order valence-corrected chi connectivity index (χ1v) is 44.1. The highest BCUT2D eigenvalue weighted by atomic mass is 19.1. The number of aromatic carboxylic acids is 1. The van der Waals surface area contributed by atoms with Crippen molar-refractivity contribution in [3.63, 3.8) is 0 Å². The fourth-order valence-electron chi connectivity index (χ4n) is 16.5. The van der Waals surface area contributed by atoms with E-state index < -0.39 is 5.97 Å². The number of aromatic nitrogens is 12. The Bertz CT molecular complexity index is 6850. The fourth-order valence-corrected chi connectivity index (χ4v) is 16.5. The molecule has 16 aromatic rings. The van der Waals surface area contributed by atoms with Gasteiger partial charge in [-0.3, -0.25) is 61.7 Å². The molecule has 12 aromatic heterocycles. The lowest BCUT2D eigenvalue weighted by Crippen LogP contribution is -2.47. The number of pyridine rings is 8. The van der Waals surface area contributed by atoms with Gasteiger partial charge in [0.1, 0.15) is 23.3 Å². The van der Waals surface area contributed by atoms with Crippen LogP contribution in [0.1, 0.15) is 77.6 Å². The summed E-state index contributed by atoms with van der Waals surface area (Å²) in [5.74, 6) is -1.64. The van der Waals surface area contributed by atoms with Crippen molar-refractivity contribution in [2.45, 2.75) is 40.5 Å². The summed E-state index contributed by atoms with van der Waals surface area (Å²) in [4.78, 5) is 97.1. The minimum atomic E-state index is -1.08. The third-order valence-corrected chi connectivity index (χ3v) is 24.0. The number of ether oxygens (including phenoxy) is 1. The summed E-state index contributed by atoms with van der Waals surface area (Å²) in [6.07, 6.45) is 22.7. The fraction of sp³-hybridized carbons (Fsp3) is 0.255. The van der Waals surface area contributed by atoms with Crippen LogP contribution in [0.4, 0.5) is 17.6 Å². The van der Waals surface area contributed by atoms with E-state index in [1.54, 1.807) is 130 Å². The maximum absolute atomic E-state index is 13.8. The number of carbonyl (C=O) groups excluding carboxylic acids is 3. The number of morpholine rings is 1. The molecule has 0 radical (unpaired) electrons. The zero-order chi connectivity index (χ0) is 91.9.